The van der Waals surface area contributed by atoms with Crippen molar-refractivity contribution in [2.75, 3.05) is 13.2 Å². The topological polar surface area (TPSA) is 188 Å². The number of carbonyl (C=O) groups is 4. The van der Waals surface area contributed by atoms with Gasteiger partial charge >= 0.3 is 29.6 Å². The third-order valence-corrected chi connectivity index (χ3v) is 5.33. The van der Waals surface area contributed by atoms with E-state index in [4.69, 9.17) is 33.2 Å². The quantitative estimate of drug-likeness (QED) is 0.230. The van der Waals surface area contributed by atoms with Gasteiger partial charge in [0.25, 0.3) is 5.56 Å². The summed E-state index contributed by atoms with van der Waals surface area (Å²) in [5.74, 6) is -2.58. The molecule has 0 bridgehead atoms. The third-order valence-electron chi connectivity index (χ3n) is 5.33. The SMILES string of the molecule is CC(=O)OC[C@H]1O[C@H](OC[C@H]2O[C@@H](n3ccc(=O)[nH]c3=O)[C@H](OC(C)=O)[C@@H]2OC(C)=O)C=C[C@@H]1OC(C)=O. The van der Waals surface area contributed by atoms with Crippen LogP contribution in [0.3, 0.4) is 0 Å². The molecule has 15 nitrogen and oxygen atoms in total. The molecule has 0 radical (unpaired) electrons. The lowest BCUT2D eigenvalue weighted by atomic mass is 10.1. The maximum absolute atomic E-state index is 12.4. The van der Waals surface area contributed by atoms with E-state index in [9.17, 15) is 28.8 Å². The second kappa shape index (κ2) is 12.6. The summed E-state index contributed by atoms with van der Waals surface area (Å²) in [7, 11) is 0. The van der Waals surface area contributed by atoms with Crippen molar-refractivity contribution < 1.29 is 52.3 Å². The molecule has 1 saturated heterocycles. The van der Waals surface area contributed by atoms with Crippen molar-refractivity contribution in [3.05, 3.63) is 45.3 Å². The molecular weight excluding hydrogens is 512 g/mol. The monoisotopic (exact) mass is 540 g/mol. The maximum atomic E-state index is 12.4. The number of carbonyl (C=O) groups excluding carboxylic acids is 4. The summed E-state index contributed by atoms with van der Waals surface area (Å²) in [4.78, 5) is 72.3. The van der Waals surface area contributed by atoms with Gasteiger partial charge in [0.05, 0.1) is 6.61 Å². The minimum atomic E-state index is -1.27. The summed E-state index contributed by atoms with van der Waals surface area (Å²) in [6.07, 6.45) is -3.41. The molecule has 1 N–H and O–H groups in total. The predicted molar refractivity (Wildman–Crippen MR) is 122 cm³/mol. The first kappa shape index (κ1) is 28.7. The number of H-pyrrole nitrogens is 1. The Balaban J connectivity index is 1.80. The van der Waals surface area contributed by atoms with Crippen LogP contribution in [0.5, 0.6) is 0 Å². The van der Waals surface area contributed by atoms with Gasteiger partial charge in [0.15, 0.2) is 24.7 Å². The van der Waals surface area contributed by atoms with E-state index in [2.05, 4.69) is 4.98 Å². The normalized spacial score (nSPS) is 28.4. The highest BCUT2D eigenvalue weighted by atomic mass is 16.7. The molecular formula is C23H28N2O13. The fourth-order valence-corrected chi connectivity index (χ4v) is 3.89. The molecule has 15 heteroatoms. The molecule has 0 aromatic carbocycles. The average Bonchev–Trinajstić information content (AvgIpc) is 3.12. The van der Waals surface area contributed by atoms with Gasteiger partial charge < -0.3 is 33.2 Å². The van der Waals surface area contributed by atoms with Crippen LogP contribution in [0.1, 0.15) is 33.9 Å². The van der Waals surface area contributed by atoms with Gasteiger partial charge in [-0.25, -0.2) is 4.79 Å². The molecule has 2 aliphatic rings. The van der Waals surface area contributed by atoms with Crippen molar-refractivity contribution in [3.8, 4) is 0 Å². The fraction of sp³-hybridized carbons (Fsp3) is 0.565. The Kier molecular flexibility index (Phi) is 9.55. The van der Waals surface area contributed by atoms with E-state index < -0.39 is 78.2 Å². The molecule has 0 spiro atoms. The number of aromatic nitrogens is 2. The predicted octanol–water partition coefficient (Wildman–Crippen LogP) is -0.910. The molecule has 1 aromatic rings. The smallest absolute Gasteiger partial charge is 0.330 e. The number of hydrogen-bond acceptors (Lipinski definition) is 13. The molecule has 3 heterocycles. The Bertz CT molecular complexity index is 1190. The summed E-state index contributed by atoms with van der Waals surface area (Å²) in [5, 5.41) is 0. The first-order chi connectivity index (χ1) is 17.9. The number of aromatic amines is 1. The van der Waals surface area contributed by atoms with Crippen LogP contribution in [0.4, 0.5) is 0 Å². The number of esters is 4. The molecule has 208 valence electrons. The number of nitrogens with zero attached hydrogens (tertiary/aromatic N) is 1. The van der Waals surface area contributed by atoms with Crippen molar-refractivity contribution in [3.63, 3.8) is 0 Å². The first-order valence-electron chi connectivity index (χ1n) is 11.5. The molecule has 0 aliphatic carbocycles. The minimum absolute atomic E-state index is 0.223. The lowest BCUT2D eigenvalue weighted by Crippen LogP contribution is -2.44. The van der Waals surface area contributed by atoms with Crippen LogP contribution in [-0.4, -0.2) is 83.5 Å². The van der Waals surface area contributed by atoms with E-state index in [1.165, 1.54) is 26.0 Å². The van der Waals surface area contributed by atoms with Gasteiger partial charge in [-0.05, 0) is 12.2 Å². The van der Waals surface area contributed by atoms with Crippen LogP contribution in [0.25, 0.3) is 0 Å². The molecule has 38 heavy (non-hydrogen) atoms. The number of ether oxygens (including phenoxy) is 7. The molecule has 1 fully saturated rings. The van der Waals surface area contributed by atoms with Crippen LogP contribution in [0.15, 0.2) is 34.0 Å². The van der Waals surface area contributed by atoms with Gasteiger partial charge in [-0.1, -0.05) is 0 Å². The van der Waals surface area contributed by atoms with E-state index in [1.807, 2.05) is 0 Å². The maximum Gasteiger partial charge on any atom is 0.330 e. The largest absolute Gasteiger partial charge is 0.463 e. The highest BCUT2D eigenvalue weighted by Crippen LogP contribution is 2.34. The fourth-order valence-electron chi connectivity index (χ4n) is 3.89. The van der Waals surface area contributed by atoms with Crippen LogP contribution in [0.2, 0.25) is 0 Å². The highest BCUT2D eigenvalue weighted by molar-refractivity contribution is 5.68. The zero-order valence-corrected chi connectivity index (χ0v) is 21.0. The minimum Gasteiger partial charge on any atom is -0.463 e. The lowest BCUT2D eigenvalue weighted by molar-refractivity contribution is -0.208. The number of nitrogens with one attached hydrogen (secondary N) is 1. The Morgan fingerprint density at radius 1 is 0.842 bits per heavy atom. The van der Waals surface area contributed by atoms with Gasteiger partial charge in [0.1, 0.15) is 24.9 Å². The van der Waals surface area contributed by atoms with Crippen LogP contribution in [0, 0.1) is 0 Å². The second-order valence-electron chi connectivity index (χ2n) is 8.37. The van der Waals surface area contributed by atoms with E-state index >= 15 is 0 Å². The van der Waals surface area contributed by atoms with Gasteiger partial charge in [0, 0.05) is 40.0 Å². The van der Waals surface area contributed by atoms with Gasteiger partial charge in [-0.3, -0.25) is 33.5 Å². The van der Waals surface area contributed by atoms with Crippen molar-refractivity contribution >= 4 is 23.9 Å². The Morgan fingerprint density at radius 2 is 1.50 bits per heavy atom. The average molecular weight is 540 g/mol. The first-order valence-corrected chi connectivity index (χ1v) is 11.5. The molecule has 1 aromatic heterocycles. The van der Waals surface area contributed by atoms with Gasteiger partial charge in [0.2, 0.25) is 0 Å². The Morgan fingerprint density at radius 3 is 2.11 bits per heavy atom. The molecule has 3 rings (SSSR count). The second-order valence-corrected chi connectivity index (χ2v) is 8.37. The molecule has 0 amide bonds. The van der Waals surface area contributed by atoms with Crippen molar-refractivity contribution in [1.82, 2.24) is 9.55 Å². The van der Waals surface area contributed by atoms with Gasteiger partial charge in [-0.2, -0.15) is 0 Å². The van der Waals surface area contributed by atoms with Crippen molar-refractivity contribution in [2.24, 2.45) is 0 Å². The highest BCUT2D eigenvalue weighted by Gasteiger charge is 2.50. The summed E-state index contributed by atoms with van der Waals surface area (Å²) < 4.78 is 39.3. The molecule has 7 atom stereocenters. The zero-order valence-electron chi connectivity index (χ0n) is 21.0. The van der Waals surface area contributed by atoms with Crippen LogP contribution in [-0.2, 0) is 52.3 Å². The standard InChI is InChI=1S/C23H28N2O13/c1-11(26)32-9-16-15(34-12(2)27)5-6-19(37-16)33-10-17-20(35-13(3)28)21(36-14(4)29)22(38-17)25-8-7-18(30)24-23(25)31/h5-8,15-17,19-22H,9-10H2,1-4H3,(H,24,30,31)/t15-,16+,17+,19-,20+,21+,22+/m0/s1. The van der Waals surface area contributed by atoms with Gasteiger partial charge in [-0.15, -0.1) is 0 Å². The lowest BCUT2D eigenvalue weighted by Gasteiger charge is -2.32. The number of rotatable bonds is 9. The van der Waals surface area contributed by atoms with E-state index in [0.29, 0.717) is 0 Å². The van der Waals surface area contributed by atoms with Crippen molar-refractivity contribution in [2.45, 2.75) is 70.7 Å². The summed E-state index contributed by atoms with van der Waals surface area (Å²) >= 11 is 0. The van der Waals surface area contributed by atoms with E-state index in [0.717, 1.165) is 30.7 Å². The van der Waals surface area contributed by atoms with Crippen molar-refractivity contribution in [1.29, 1.82) is 0 Å². The molecule has 0 saturated carbocycles. The summed E-state index contributed by atoms with van der Waals surface area (Å²) in [6.45, 7) is 4.20. The van der Waals surface area contributed by atoms with Crippen LogP contribution < -0.4 is 11.2 Å². The Hall–Kier alpha value is -3.82. The van der Waals surface area contributed by atoms with E-state index in [-0.39, 0.29) is 13.2 Å². The molecule has 0 unspecified atom stereocenters. The Labute approximate surface area is 215 Å². The number of hydrogen-bond donors (Lipinski definition) is 1. The third kappa shape index (κ3) is 7.60. The van der Waals surface area contributed by atoms with Crippen LogP contribution >= 0.6 is 0 Å². The zero-order chi connectivity index (χ0) is 28.0. The van der Waals surface area contributed by atoms with E-state index in [1.54, 1.807) is 0 Å². The summed E-state index contributed by atoms with van der Waals surface area (Å²) in [5.41, 5.74) is -1.49. The summed E-state index contributed by atoms with van der Waals surface area (Å²) in [6, 6.07) is 1.07. The molecule has 2 aliphatic heterocycles.